The van der Waals surface area contributed by atoms with Crippen LogP contribution in [-0.2, 0) is 24.0 Å². The monoisotopic (exact) mass is 549 g/mol. The fourth-order valence-electron chi connectivity index (χ4n) is 5.67. The number of hydrogen-bond acceptors (Lipinski definition) is 5. The minimum absolute atomic E-state index is 0.119. The molecule has 1 aliphatic heterocycles. The predicted molar refractivity (Wildman–Crippen MR) is 156 cm³/mol. The van der Waals surface area contributed by atoms with Crippen LogP contribution in [0.25, 0.3) is 0 Å². The molecule has 1 rings (SSSR count). The number of quaternary nitrogens is 1. The molecule has 0 spiro atoms. The van der Waals surface area contributed by atoms with Crippen LogP contribution in [0.4, 0.5) is 0 Å². The molecular weight excluding hydrogens is 496 g/mol. The largest absolute Gasteiger partial charge is 0.378 e. The molecule has 0 aromatic carbocycles. The van der Waals surface area contributed by atoms with Gasteiger partial charge in [0.2, 0.25) is 17.7 Å². The van der Waals surface area contributed by atoms with E-state index in [1.165, 1.54) is 18.2 Å². The van der Waals surface area contributed by atoms with Crippen molar-refractivity contribution in [1.29, 1.82) is 0 Å². The first-order chi connectivity index (χ1) is 18.4. The first-order valence-corrected chi connectivity index (χ1v) is 14.3. The van der Waals surface area contributed by atoms with Crippen molar-refractivity contribution < 1.29 is 28.6 Å². The Kier molecular flexibility index (Phi) is 15.3. The van der Waals surface area contributed by atoms with Crippen LogP contribution in [0, 0.1) is 0 Å². The van der Waals surface area contributed by atoms with Gasteiger partial charge in [-0.1, -0.05) is 19.7 Å². The van der Waals surface area contributed by atoms with E-state index in [0.717, 1.165) is 57.9 Å². The lowest BCUT2D eigenvalue weighted by molar-refractivity contribution is -1.18. The Balaban J connectivity index is 2.80. The van der Waals surface area contributed by atoms with Gasteiger partial charge in [-0.05, 0) is 78.0 Å². The summed E-state index contributed by atoms with van der Waals surface area (Å²) in [5, 5.41) is 8.49. The lowest BCUT2D eigenvalue weighted by Gasteiger charge is -2.60. The number of rotatable bonds is 20. The number of ether oxygens (including phenoxy) is 1. The maximum absolute atomic E-state index is 11.5. The van der Waals surface area contributed by atoms with Gasteiger partial charge in [0, 0.05) is 45.5 Å². The summed E-state index contributed by atoms with van der Waals surface area (Å²) in [7, 11) is 0. The second-order valence-corrected chi connectivity index (χ2v) is 11.4. The third-order valence-corrected chi connectivity index (χ3v) is 7.57. The highest BCUT2D eigenvalue weighted by Gasteiger charge is 2.61. The normalized spacial score (nSPS) is 21.4. The summed E-state index contributed by atoms with van der Waals surface area (Å²) in [6.07, 6.45) is 10.9. The van der Waals surface area contributed by atoms with E-state index in [9.17, 15) is 14.4 Å². The molecular formula is C30H53N4O5+. The molecule has 0 radical (unpaired) electrons. The zero-order valence-electron chi connectivity index (χ0n) is 24.8. The Bertz CT molecular complexity index is 806. The molecule has 0 aromatic heterocycles. The molecule has 1 heterocycles. The highest BCUT2D eigenvalue weighted by molar-refractivity contribution is 5.87. The van der Waals surface area contributed by atoms with Crippen LogP contribution < -0.4 is 16.0 Å². The van der Waals surface area contributed by atoms with Crippen molar-refractivity contribution in [3.05, 3.63) is 38.0 Å². The van der Waals surface area contributed by atoms with Crippen molar-refractivity contribution in [1.82, 2.24) is 16.0 Å². The Labute approximate surface area is 236 Å². The van der Waals surface area contributed by atoms with Crippen molar-refractivity contribution in [2.45, 2.75) is 96.2 Å². The van der Waals surface area contributed by atoms with Gasteiger partial charge in [-0.25, -0.2) is 4.84 Å². The molecule has 9 heteroatoms. The maximum atomic E-state index is 11.5. The standard InChI is InChI=1S/C30H52N4O5/c1-8-26(35)31-17-11-14-20-34(39-22-16-13-19-33-28(37)10-3)29(4,5)23-25(24-30(34,6)7)38-21-15-12-18-32-27(36)9-2/h8-10,25H,1-3,11-24H2,4-7H3,(H2-,31,32,33,35,36,37)/p+1. The summed E-state index contributed by atoms with van der Waals surface area (Å²) < 4.78 is 6.87. The van der Waals surface area contributed by atoms with Crippen LogP contribution in [0.3, 0.4) is 0 Å². The summed E-state index contributed by atoms with van der Waals surface area (Å²) in [5.74, 6) is -0.459. The molecule has 0 aromatic rings. The smallest absolute Gasteiger partial charge is 0.243 e. The molecule has 0 unspecified atom stereocenters. The van der Waals surface area contributed by atoms with Gasteiger partial charge < -0.3 is 20.7 Å². The molecule has 1 saturated heterocycles. The van der Waals surface area contributed by atoms with Gasteiger partial charge in [0.15, 0.2) is 0 Å². The zero-order valence-corrected chi connectivity index (χ0v) is 24.8. The third kappa shape index (κ3) is 11.3. The van der Waals surface area contributed by atoms with Crippen molar-refractivity contribution >= 4 is 17.7 Å². The molecule has 9 nitrogen and oxygen atoms in total. The Morgan fingerprint density at radius 1 is 0.718 bits per heavy atom. The van der Waals surface area contributed by atoms with Crippen molar-refractivity contribution in [2.75, 3.05) is 39.4 Å². The molecule has 3 N–H and O–H groups in total. The van der Waals surface area contributed by atoms with E-state index >= 15 is 0 Å². The average Bonchev–Trinajstić information content (AvgIpc) is 2.88. The van der Waals surface area contributed by atoms with Crippen LogP contribution in [0.15, 0.2) is 38.0 Å². The molecule has 0 bridgehead atoms. The van der Waals surface area contributed by atoms with E-state index in [-0.39, 0.29) is 34.9 Å². The number of piperidine rings is 1. The predicted octanol–water partition coefficient (Wildman–Crippen LogP) is 3.72. The highest BCUT2D eigenvalue weighted by Crippen LogP contribution is 2.47. The summed E-state index contributed by atoms with van der Waals surface area (Å²) in [5.41, 5.74) is -0.405. The number of carbonyl (C=O) groups excluding carboxylic acids is 3. The van der Waals surface area contributed by atoms with E-state index in [1.807, 2.05) is 0 Å². The number of carbonyl (C=O) groups is 3. The van der Waals surface area contributed by atoms with Gasteiger partial charge in [-0.3, -0.25) is 14.4 Å². The zero-order chi connectivity index (χ0) is 29.4. The number of nitrogens with one attached hydrogen (secondary N) is 3. The molecule has 3 amide bonds. The lowest BCUT2D eigenvalue weighted by Crippen LogP contribution is -2.75. The quantitative estimate of drug-likeness (QED) is 0.122. The van der Waals surface area contributed by atoms with Gasteiger partial charge >= 0.3 is 0 Å². The number of likely N-dealkylation sites (tertiary alicyclic amines) is 1. The Morgan fingerprint density at radius 2 is 1.13 bits per heavy atom. The van der Waals surface area contributed by atoms with Gasteiger partial charge in [0.25, 0.3) is 0 Å². The maximum Gasteiger partial charge on any atom is 0.243 e. The van der Waals surface area contributed by atoms with Gasteiger partial charge in [-0.2, -0.15) is 4.65 Å². The topological polar surface area (TPSA) is 106 Å². The van der Waals surface area contributed by atoms with Crippen LogP contribution in [0.1, 0.15) is 79.1 Å². The highest BCUT2D eigenvalue weighted by atomic mass is 16.7. The van der Waals surface area contributed by atoms with E-state index < -0.39 is 0 Å². The van der Waals surface area contributed by atoms with Crippen molar-refractivity contribution in [3.63, 3.8) is 0 Å². The van der Waals surface area contributed by atoms with Crippen molar-refractivity contribution in [3.8, 4) is 0 Å². The fraction of sp³-hybridized carbons (Fsp3) is 0.700. The molecule has 0 aliphatic carbocycles. The number of hydrogen-bond donors (Lipinski definition) is 3. The summed E-state index contributed by atoms with van der Waals surface area (Å²) in [6, 6.07) is 0. The SMILES string of the molecule is C=CC(=O)NCCCCOC1CC(C)(C)[N+](CCCCNC(=O)C=C)(OCCCCNC(=O)C=C)C(C)(C)C1. The van der Waals surface area contributed by atoms with Crippen LogP contribution in [-0.4, -0.2) is 78.9 Å². The summed E-state index contributed by atoms with van der Waals surface area (Å²) in [4.78, 5) is 41.1. The van der Waals surface area contributed by atoms with Crippen molar-refractivity contribution in [2.24, 2.45) is 0 Å². The molecule has 0 atom stereocenters. The summed E-state index contributed by atoms with van der Waals surface area (Å²) in [6.45, 7) is 23.4. The Hall–Kier alpha value is -2.49. The van der Waals surface area contributed by atoms with Crippen LogP contribution >= 0.6 is 0 Å². The Morgan fingerprint density at radius 3 is 1.56 bits per heavy atom. The second-order valence-electron chi connectivity index (χ2n) is 11.4. The van der Waals surface area contributed by atoms with Crippen LogP contribution in [0.5, 0.6) is 0 Å². The van der Waals surface area contributed by atoms with Gasteiger partial charge in [0.05, 0.1) is 6.10 Å². The number of hydroxylamine groups is 3. The van der Waals surface area contributed by atoms with E-state index in [0.29, 0.717) is 37.5 Å². The fourth-order valence-corrected chi connectivity index (χ4v) is 5.67. The first kappa shape index (κ1) is 34.5. The molecule has 1 aliphatic rings. The number of nitrogens with zero attached hydrogens (tertiary/aromatic N) is 1. The van der Waals surface area contributed by atoms with Gasteiger partial charge in [-0.15, -0.1) is 0 Å². The van der Waals surface area contributed by atoms with E-state index in [4.69, 9.17) is 9.57 Å². The molecule has 0 saturated carbocycles. The summed E-state index contributed by atoms with van der Waals surface area (Å²) >= 11 is 0. The minimum Gasteiger partial charge on any atom is -0.378 e. The van der Waals surface area contributed by atoms with Crippen LogP contribution in [0.2, 0.25) is 0 Å². The third-order valence-electron chi connectivity index (χ3n) is 7.57. The lowest BCUT2D eigenvalue weighted by atomic mass is 9.76. The number of unbranched alkanes of at least 4 members (excludes halogenated alkanes) is 3. The first-order valence-electron chi connectivity index (χ1n) is 14.3. The molecule has 39 heavy (non-hydrogen) atoms. The second kappa shape index (κ2) is 17.3. The minimum atomic E-state index is -0.203. The van der Waals surface area contributed by atoms with E-state index in [1.54, 1.807) is 0 Å². The average molecular weight is 550 g/mol. The van der Waals surface area contributed by atoms with Gasteiger partial charge in [0.1, 0.15) is 24.2 Å². The molecule has 1 fully saturated rings. The molecule has 222 valence electrons. The number of amides is 3. The van der Waals surface area contributed by atoms with E-state index in [2.05, 4.69) is 63.4 Å².